The summed E-state index contributed by atoms with van der Waals surface area (Å²) in [5.74, 6) is 1.51. The Morgan fingerprint density at radius 2 is 2.11 bits per heavy atom. The topological polar surface area (TPSA) is 38.0 Å². The van der Waals surface area contributed by atoms with Crippen LogP contribution >= 0.6 is 28.1 Å². The van der Waals surface area contributed by atoms with Gasteiger partial charge >= 0.3 is 0 Å². The van der Waals surface area contributed by atoms with Crippen LogP contribution in [-0.4, -0.2) is 11.0 Å². The van der Waals surface area contributed by atoms with E-state index in [4.69, 9.17) is 18.0 Å². The highest BCUT2D eigenvalue weighted by atomic mass is 79.9. The van der Waals surface area contributed by atoms with Gasteiger partial charge in [-0.15, -0.1) is 0 Å². The normalized spacial score (nSPS) is 27.0. The Labute approximate surface area is 129 Å². The smallest absolute Gasteiger partial charge is 0.105 e. The molecule has 19 heavy (non-hydrogen) atoms. The van der Waals surface area contributed by atoms with Crippen molar-refractivity contribution in [1.29, 1.82) is 0 Å². The quantitative estimate of drug-likeness (QED) is 0.804. The van der Waals surface area contributed by atoms with Crippen LogP contribution in [0.5, 0.6) is 0 Å². The van der Waals surface area contributed by atoms with Crippen molar-refractivity contribution in [3.05, 3.63) is 28.2 Å². The average molecular weight is 341 g/mol. The number of thiocarbonyl (C=S) groups is 1. The van der Waals surface area contributed by atoms with Crippen molar-refractivity contribution in [3.63, 3.8) is 0 Å². The van der Waals surface area contributed by atoms with Gasteiger partial charge in [0.15, 0.2) is 0 Å². The van der Waals surface area contributed by atoms with Gasteiger partial charge in [0.1, 0.15) is 4.99 Å². The molecule has 4 heteroatoms. The third-order valence-electron chi connectivity index (χ3n) is 4.29. The molecule has 0 saturated heterocycles. The first-order valence-electron chi connectivity index (χ1n) is 6.85. The summed E-state index contributed by atoms with van der Waals surface area (Å²) in [6, 6.07) is 6.67. The average Bonchev–Trinajstić information content (AvgIpc) is 2.34. The van der Waals surface area contributed by atoms with E-state index in [2.05, 4.69) is 47.2 Å². The number of rotatable bonds is 3. The molecule has 3 unspecified atom stereocenters. The zero-order valence-corrected chi connectivity index (χ0v) is 13.9. The monoisotopic (exact) mass is 340 g/mol. The lowest BCUT2D eigenvalue weighted by Crippen LogP contribution is -2.35. The van der Waals surface area contributed by atoms with Gasteiger partial charge in [0.2, 0.25) is 0 Å². The molecule has 0 aromatic heterocycles. The van der Waals surface area contributed by atoms with Crippen LogP contribution in [0, 0.1) is 11.8 Å². The number of halogens is 1. The first-order chi connectivity index (χ1) is 8.99. The first kappa shape index (κ1) is 14.8. The molecule has 1 aromatic rings. The van der Waals surface area contributed by atoms with E-state index in [0.717, 1.165) is 21.6 Å². The number of hydrogen-bond acceptors (Lipinski definition) is 2. The van der Waals surface area contributed by atoms with Crippen molar-refractivity contribution < 1.29 is 0 Å². The molecule has 0 amide bonds. The van der Waals surface area contributed by atoms with Crippen LogP contribution in [0.25, 0.3) is 0 Å². The van der Waals surface area contributed by atoms with Crippen LogP contribution in [0.1, 0.15) is 38.7 Å². The van der Waals surface area contributed by atoms with Gasteiger partial charge < -0.3 is 11.1 Å². The number of benzene rings is 1. The maximum Gasteiger partial charge on any atom is 0.105 e. The lowest BCUT2D eigenvalue weighted by molar-refractivity contribution is 0.253. The Morgan fingerprint density at radius 3 is 2.74 bits per heavy atom. The van der Waals surface area contributed by atoms with Crippen molar-refractivity contribution >= 4 is 38.8 Å². The van der Waals surface area contributed by atoms with Crippen LogP contribution in [0.2, 0.25) is 0 Å². The van der Waals surface area contributed by atoms with E-state index >= 15 is 0 Å². The van der Waals surface area contributed by atoms with Gasteiger partial charge in [-0.1, -0.05) is 38.9 Å². The number of hydrogen-bond donors (Lipinski definition) is 2. The van der Waals surface area contributed by atoms with Gasteiger partial charge in [-0.25, -0.2) is 0 Å². The fourth-order valence-electron chi connectivity index (χ4n) is 2.80. The Hall–Kier alpha value is -0.610. The molecule has 104 valence electrons. The van der Waals surface area contributed by atoms with Gasteiger partial charge in [0, 0.05) is 21.8 Å². The van der Waals surface area contributed by atoms with E-state index in [0.29, 0.717) is 16.9 Å². The summed E-state index contributed by atoms with van der Waals surface area (Å²) >= 11 is 8.55. The Bertz CT molecular complexity index is 475. The molecule has 1 aliphatic carbocycles. The lowest BCUT2D eigenvalue weighted by Gasteiger charge is -2.35. The maximum atomic E-state index is 5.67. The summed E-state index contributed by atoms with van der Waals surface area (Å²) in [4.78, 5) is 0.429. The van der Waals surface area contributed by atoms with Crippen LogP contribution < -0.4 is 11.1 Å². The molecule has 1 fully saturated rings. The van der Waals surface area contributed by atoms with Crippen molar-refractivity contribution in [1.82, 2.24) is 0 Å². The number of anilines is 1. The number of nitrogens with one attached hydrogen (secondary N) is 1. The molecule has 0 spiro atoms. The molecule has 1 aromatic carbocycles. The van der Waals surface area contributed by atoms with Crippen molar-refractivity contribution in [2.45, 2.75) is 39.2 Å². The molecule has 0 radical (unpaired) electrons. The fourth-order valence-corrected chi connectivity index (χ4v) is 3.71. The standard InChI is InChI=1S/C15H21BrN2S/c1-9-4-3-5-14(10(9)2)18-11-6-7-12(15(17)19)13(16)8-11/h6-10,14,18H,3-5H2,1-2H3,(H2,17,19). The van der Waals surface area contributed by atoms with Gasteiger partial charge in [0.05, 0.1) is 0 Å². The second-order valence-corrected chi connectivity index (χ2v) is 6.87. The molecule has 3 atom stereocenters. The van der Waals surface area contributed by atoms with Crippen LogP contribution in [0.15, 0.2) is 22.7 Å². The second kappa shape index (κ2) is 6.23. The maximum absolute atomic E-state index is 5.67. The fraction of sp³-hybridized carbons (Fsp3) is 0.533. The summed E-state index contributed by atoms with van der Waals surface area (Å²) < 4.78 is 0.960. The zero-order valence-electron chi connectivity index (χ0n) is 11.4. The highest BCUT2D eigenvalue weighted by Crippen LogP contribution is 2.32. The van der Waals surface area contributed by atoms with Crippen molar-refractivity contribution in [2.24, 2.45) is 17.6 Å². The molecule has 1 saturated carbocycles. The molecule has 2 rings (SSSR count). The van der Waals surface area contributed by atoms with Gasteiger partial charge in [0.25, 0.3) is 0 Å². The predicted molar refractivity (Wildman–Crippen MR) is 89.6 cm³/mol. The van der Waals surface area contributed by atoms with Crippen LogP contribution in [0.4, 0.5) is 5.69 Å². The van der Waals surface area contributed by atoms with Gasteiger partial charge in [-0.05, 0) is 52.4 Å². The minimum Gasteiger partial charge on any atom is -0.389 e. The second-order valence-electron chi connectivity index (χ2n) is 5.58. The molecular weight excluding hydrogens is 320 g/mol. The molecule has 0 bridgehead atoms. The van der Waals surface area contributed by atoms with E-state index in [1.54, 1.807) is 0 Å². The van der Waals surface area contributed by atoms with E-state index in [9.17, 15) is 0 Å². The molecule has 3 N–H and O–H groups in total. The highest BCUT2D eigenvalue weighted by Gasteiger charge is 2.26. The lowest BCUT2D eigenvalue weighted by atomic mass is 9.78. The summed E-state index contributed by atoms with van der Waals surface area (Å²) in [5, 5.41) is 3.65. The molecule has 1 aliphatic rings. The SMILES string of the molecule is CC1CCCC(Nc2ccc(C(N)=S)c(Br)c2)C1C. The molecule has 2 nitrogen and oxygen atoms in total. The number of nitrogens with two attached hydrogens (primary N) is 1. The summed E-state index contributed by atoms with van der Waals surface area (Å²) in [5.41, 5.74) is 7.70. The highest BCUT2D eigenvalue weighted by molar-refractivity contribution is 9.10. The Balaban J connectivity index is 2.11. The summed E-state index contributed by atoms with van der Waals surface area (Å²) in [7, 11) is 0. The molecule has 0 heterocycles. The van der Waals surface area contributed by atoms with Crippen molar-refractivity contribution in [3.8, 4) is 0 Å². The third kappa shape index (κ3) is 3.48. The third-order valence-corrected chi connectivity index (χ3v) is 5.17. The van der Waals surface area contributed by atoms with E-state index in [1.165, 1.54) is 19.3 Å². The largest absolute Gasteiger partial charge is 0.389 e. The van der Waals surface area contributed by atoms with E-state index in [-0.39, 0.29) is 0 Å². The first-order valence-corrected chi connectivity index (χ1v) is 8.05. The van der Waals surface area contributed by atoms with E-state index < -0.39 is 0 Å². The van der Waals surface area contributed by atoms with Crippen LogP contribution in [-0.2, 0) is 0 Å². The minimum atomic E-state index is 0.429. The Morgan fingerprint density at radius 1 is 1.37 bits per heavy atom. The molecule has 0 aliphatic heterocycles. The van der Waals surface area contributed by atoms with Crippen LogP contribution in [0.3, 0.4) is 0 Å². The minimum absolute atomic E-state index is 0.429. The van der Waals surface area contributed by atoms with Gasteiger partial charge in [-0.2, -0.15) is 0 Å². The molecular formula is C15H21BrN2S. The zero-order chi connectivity index (χ0) is 14.0. The van der Waals surface area contributed by atoms with E-state index in [1.807, 2.05) is 6.07 Å². The summed E-state index contributed by atoms with van der Waals surface area (Å²) in [6.07, 6.45) is 3.92. The Kier molecular flexibility index (Phi) is 4.85. The van der Waals surface area contributed by atoms with Crippen molar-refractivity contribution in [2.75, 3.05) is 5.32 Å². The summed E-state index contributed by atoms with van der Waals surface area (Å²) in [6.45, 7) is 4.70. The van der Waals surface area contributed by atoms with Gasteiger partial charge in [-0.3, -0.25) is 0 Å². The predicted octanol–water partition coefficient (Wildman–Crippen LogP) is 4.32.